The Morgan fingerprint density at radius 1 is 1.30 bits per heavy atom. The van der Waals surface area contributed by atoms with Crippen LogP contribution < -0.4 is 5.32 Å². The molecular weight excluding hydrogens is 315 g/mol. The Balaban J connectivity index is 1.88. The number of hydrogen-bond donors (Lipinski definition) is 1. The third-order valence-electron chi connectivity index (χ3n) is 4.37. The summed E-state index contributed by atoms with van der Waals surface area (Å²) in [5, 5.41) is 3.17. The molecule has 0 radical (unpaired) electrons. The lowest BCUT2D eigenvalue weighted by atomic mass is 9.63. The van der Waals surface area contributed by atoms with Crippen LogP contribution in [-0.4, -0.2) is 16.7 Å². The van der Waals surface area contributed by atoms with Gasteiger partial charge in [-0.15, -0.1) is 0 Å². The number of halogens is 1. The average Bonchev–Trinajstić information content (AvgIpc) is 2.80. The minimum Gasteiger partial charge on any atom is -0.301 e. The summed E-state index contributed by atoms with van der Waals surface area (Å²) < 4.78 is 14.1. The highest BCUT2D eigenvalue weighted by atomic mass is 32.1. The van der Waals surface area contributed by atoms with Crippen LogP contribution in [-0.2, 0) is 10.2 Å². The van der Waals surface area contributed by atoms with Gasteiger partial charge in [0.25, 0.3) is 0 Å². The zero-order valence-corrected chi connectivity index (χ0v) is 13.8. The van der Waals surface area contributed by atoms with E-state index in [0.29, 0.717) is 34.1 Å². The van der Waals surface area contributed by atoms with Gasteiger partial charge in [-0.1, -0.05) is 36.0 Å². The number of nitrogens with zero attached hydrogens (tertiary/aromatic N) is 1. The third kappa shape index (κ3) is 2.67. The predicted octanol–water partition coefficient (Wildman–Crippen LogP) is 3.85. The van der Waals surface area contributed by atoms with E-state index in [2.05, 4.69) is 10.3 Å². The van der Waals surface area contributed by atoms with Crippen molar-refractivity contribution in [1.82, 2.24) is 4.98 Å². The van der Waals surface area contributed by atoms with Gasteiger partial charge in [-0.2, -0.15) is 0 Å². The monoisotopic (exact) mass is 332 g/mol. The molecule has 4 nitrogen and oxygen atoms in total. The second kappa shape index (κ2) is 5.85. The Kier molecular flexibility index (Phi) is 4.02. The molecule has 1 aromatic heterocycles. The minimum absolute atomic E-state index is 0.0760. The molecule has 1 saturated carbocycles. The molecule has 3 rings (SSSR count). The molecule has 1 aromatic carbocycles. The number of anilines is 1. The standard InChI is InChI=1S/C17H17FN2O2S/c1-10-14(11(2)21)23-16(19-10)20-15(22)17(8-5-9-17)12-6-3-4-7-13(12)18/h3-4,6-7H,5,8-9H2,1-2H3,(H,19,20,22). The molecule has 2 aromatic rings. The van der Waals surface area contributed by atoms with Gasteiger partial charge in [-0.3, -0.25) is 9.59 Å². The number of carbonyl (C=O) groups is 2. The number of ketones is 1. The zero-order chi connectivity index (χ0) is 16.6. The number of benzene rings is 1. The topological polar surface area (TPSA) is 59.1 Å². The second-order valence-electron chi connectivity index (χ2n) is 5.86. The molecule has 1 heterocycles. The Labute approximate surface area is 137 Å². The van der Waals surface area contributed by atoms with Gasteiger partial charge in [0.05, 0.1) is 16.0 Å². The molecule has 1 N–H and O–H groups in total. The quantitative estimate of drug-likeness (QED) is 0.865. The summed E-state index contributed by atoms with van der Waals surface area (Å²) in [7, 11) is 0. The van der Waals surface area contributed by atoms with Gasteiger partial charge >= 0.3 is 0 Å². The van der Waals surface area contributed by atoms with E-state index in [9.17, 15) is 14.0 Å². The fourth-order valence-corrected chi connectivity index (χ4v) is 3.85. The maximum atomic E-state index is 14.1. The largest absolute Gasteiger partial charge is 0.301 e. The van der Waals surface area contributed by atoms with E-state index in [1.165, 1.54) is 13.0 Å². The van der Waals surface area contributed by atoms with E-state index in [1.807, 2.05) is 0 Å². The van der Waals surface area contributed by atoms with E-state index < -0.39 is 5.41 Å². The molecular formula is C17H17FN2O2S. The van der Waals surface area contributed by atoms with Gasteiger partial charge in [0, 0.05) is 12.5 Å². The number of nitrogens with one attached hydrogen (secondary N) is 1. The lowest BCUT2D eigenvalue weighted by Crippen LogP contribution is -2.46. The first kappa shape index (κ1) is 15.8. The van der Waals surface area contributed by atoms with Gasteiger partial charge < -0.3 is 5.32 Å². The molecule has 0 spiro atoms. The van der Waals surface area contributed by atoms with Crippen LogP contribution >= 0.6 is 11.3 Å². The molecule has 23 heavy (non-hydrogen) atoms. The molecule has 1 aliphatic rings. The van der Waals surface area contributed by atoms with Gasteiger partial charge in [-0.25, -0.2) is 9.37 Å². The zero-order valence-electron chi connectivity index (χ0n) is 13.0. The summed E-state index contributed by atoms with van der Waals surface area (Å²) in [5.41, 5.74) is 0.205. The predicted molar refractivity (Wildman–Crippen MR) is 87.4 cm³/mol. The van der Waals surface area contributed by atoms with Crippen molar-refractivity contribution in [1.29, 1.82) is 0 Å². The fraction of sp³-hybridized carbons (Fsp3) is 0.353. The van der Waals surface area contributed by atoms with E-state index in [1.54, 1.807) is 25.1 Å². The van der Waals surface area contributed by atoms with Crippen LogP contribution in [0.3, 0.4) is 0 Å². The highest BCUT2D eigenvalue weighted by molar-refractivity contribution is 7.17. The smallest absolute Gasteiger partial charge is 0.236 e. The molecule has 0 atom stereocenters. The van der Waals surface area contributed by atoms with Crippen molar-refractivity contribution in [2.45, 2.75) is 38.5 Å². The van der Waals surface area contributed by atoms with Gasteiger partial charge in [0.1, 0.15) is 5.82 Å². The lowest BCUT2D eigenvalue weighted by Gasteiger charge is -2.40. The Morgan fingerprint density at radius 2 is 2.00 bits per heavy atom. The Bertz CT molecular complexity index is 781. The van der Waals surface area contributed by atoms with Crippen LogP contribution in [0.15, 0.2) is 24.3 Å². The van der Waals surface area contributed by atoms with Crippen molar-refractivity contribution in [2.75, 3.05) is 5.32 Å². The summed E-state index contributed by atoms with van der Waals surface area (Å²) in [4.78, 5) is 29.0. The van der Waals surface area contributed by atoms with E-state index in [4.69, 9.17) is 0 Å². The Hall–Kier alpha value is -2.08. The normalized spacial score (nSPS) is 15.8. The van der Waals surface area contributed by atoms with Crippen molar-refractivity contribution < 1.29 is 14.0 Å². The molecule has 0 unspecified atom stereocenters. The highest BCUT2D eigenvalue weighted by Crippen LogP contribution is 2.45. The third-order valence-corrected chi connectivity index (χ3v) is 5.54. The van der Waals surface area contributed by atoms with Crippen LogP contribution in [0.4, 0.5) is 9.52 Å². The van der Waals surface area contributed by atoms with Crippen molar-refractivity contribution in [3.05, 3.63) is 46.2 Å². The number of thiazole rings is 1. The number of hydrogen-bond acceptors (Lipinski definition) is 4. The van der Waals surface area contributed by atoms with Crippen molar-refractivity contribution in [2.24, 2.45) is 0 Å². The first-order chi connectivity index (χ1) is 10.9. The first-order valence-corrected chi connectivity index (χ1v) is 8.30. The molecule has 0 saturated heterocycles. The maximum absolute atomic E-state index is 14.1. The summed E-state index contributed by atoms with van der Waals surface area (Å²) in [5.74, 6) is -0.687. The minimum atomic E-state index is -0.832. The molecule has 0 aliphatic heterocycles. The van der Waals surface area contributed by atoms with Gasteiger partial charge in [0.2, 0.25) is 5.91 Å². The van der Waals surface area contributed by atoms with Crippen molar-refractivity contribution >= 4 is 28.2 Å². The Morgan fingerprint density at radius 3 is 2.52 bits per heavy atom. The first-order valence-electron chi connectivity index (χ1n) is 7.49. The summed E-state index contributed by atoms with van der Waals surface area (Å²) >= 11 is 1.16. The number of Topliss-reactive ketones (excluding diaryl/α,β-unsaturated/α-hetero) is 1. The van der Waals surface area contributed by atoms with Crippen LogP contribution in [0.1, 0.15) is 47.1 Å². The van der Waals surface area contributed by atoms with Gasteiger partial charge in [-0.05, 0) is 25.8 Å². The number of amides is 1. The number of carbonyl (C=O) groups excluding carboxylic acids is 2. The lowest BCUT2D eigenvalue weighted by molar-refractivity contribution is -0.124. The second-order valence-corrected chi connectivity index (χ2v) is 6.86. The van der Waals surface area contributed by atoms with Crippen LogP contribution in [0.25, 0.3) is 0 Å². The summed E-state index contributed by atoms with van der Waals surface area (Å²) in [6, 6.07) is 6.41. The van der Waals surface area contributed by atoms with Crippen LogP contribution in [0.5, 0.6) is 0 Å². The van der Waals surface area contributed by atoms with E-state index >= 15 is 0 Å². The maximum Gasteiger partial charge on any atom is 0.236 e. The number of aryl methyl sites for hydroxylation is 1. The highest BCUT2D eigenvalue weighted by Gasteiger charge is 2.47. The van der Waals surface area contributed by atoms with Crippen LogP contribution in [0, 0.1) is 12.7 Å². The fourth-order valence-electron chi connectivity index (χ4n) is 2.99. The molecule has 1 amide bonds. The van der Waals surface area contributed by atoms with Crippen LogP contribution in [0.2, 0.25) is 0 Å². The molecule has 1 fully saturated rings. The van der Waals surface area contributed by atoms with E-state index in [0.717, 1.165) is 17.8 Å². The number of rotatable bonds is 4. The summed E-state index contributed by atoms with van der Waals surface area (Å²) in [6.45, 7) is 3.21. The summed E-state index contributed by atoms with van der Waals surface area (Å²) in [6.07, 6.45) is 2.12. The molecule has 6 heteroatoms. The average molecular weight is 332 g/mol. The van der Waals surface area contributed by atoms with E-state index in [-0.39, 0.29) is 17.5 Å². The SMILES string of the molecule is CC(=O)c1sc(NC(=O)C2(c3ccccc3F)CCC2)nc1C. The van der Waals surface area contributed by atoms with Crippen molar-refractivity contribution in [3.8, 4) is 0 Å². The van der Waals surface area contributed by atoms with Crippen molar-refractivity contribution in [3.63, 3.8) is 0 Å². The molecule has 120 valence electrons. The number of aromatic nitrogens is 1. The molecule has 0 bridgehead atoms. The molecule has 1 aliphatic carbocycles. The van der Waals surface area contributed by atoms with Gasteiger partial charge in [0.15, 0.2) is 10.9 Å².